The average Bonchev–Trinajstić information content (AvgIpc) is 0.824. The number of nitrogens with two attached hydrogens (primary N) is 1. The molecular weight excluding hydrogens is 1760 g/mol. The molecule has 0 aliphatic rings. The number of carboxylic acid groups (broad SMARTS) is 1. The number of esters is 2. The molecule has 0 spiro atoms. The third-order valence-corrected chi connectivity index (χ3v) is 29.9. The summed E-state index contributed by atoms with van der Waals surface area (Å²) < 4.78 is 37.9. The lowest BCUT2D eigenvalue weighted by atomic mass is 10.0. The summed E-state index contributed by atoms with van der Waals surface area (Å²) in [6, 6.07) is 117. The summed E-state index contributed by atoms with van der Waals surface area (Å²) in [6.07, 6.45) is 0.250. The highest BCUT2D eigenvalue weighted by Gasteiger charge is 2.39. The number of carbonyl (C=O) groups is 4. The fourth-order valence-corrected chi connectivity index (χ4v) is 17.4. The van der Waals surface area contributed by atoms with Crippen LogP contribution in [0, 0.1) is 0 Å². The Balaban J connectivity index is 0.000000193. The first-order valence-corrected chi connectivity index (χ1v) is 49.1. The zero-order valence-corrected chi connectivity index (χ0v) is 80.7. The number of hydrogen-bond acceptors (Lipinski definition) is 17. The van der Waals surface area contributed by atoms with Gasteiger partial charge in [-0.3, -0.25) is 19.2 Å². The maximum atomic E-state index is 12.9. The van der Waals surface area contributed by atoms with Crippen molar-refractivity contribution < 1.29 is 62.4 Å². The van der Waals surface area contributed by atoms with Gasteiger partial charge in [-0.2, -0.15) is 0 Å². The van der Waals surface area contributed by atoms with Crippen molar-refractivity contribution in [3.8, 4) is 67.5 Å². The van der Waals surface area contributed by atoms with Gasteiger partial charge in [0, 0.05) is 39.2 Å². The summed E-state index contributed by atoms with van der Waals surface area (Å²) in [5.74, 6) is 4.30. The normalized spacial score (nSPS) is 11.4. The van der Waals surface area contributed by atoms with Gasteiger partial charge < -0.3 is 43.3 Å². The zero-order valence-electron chi connectivity index (χ0n) is 74.9. The van der Waals surface area contributed by atoms with Gasteiger partial charge in [0.25, 0.3) is 0 Å². The van der Waals surface area contributed by atoms with Crippen LogP contribution < -0.4 is 30.3 Å². The number of halogens is 2. The molecule has 0 saturated carbocycles. The number of rotatable bonds is 30. The van der Waals surface area contributed by atoms with E-state index < -0.39 is 20.2 Å². The number of benzene rings is 14. The molecule has 130 heavy (non-hydrogen) atoms. The van der Waals surface area contributed by atoms with Crippen LogP contribution in [-0.2, 0) is 52.8 Å². The molecule has 14 aromatic carbocycles. The van der Waals surface area contributed by atoms with E-state index in [0.717, 1.165) is 140 Å². The highest BCUT2D eigenvalue weighted by Crippen LogP contribution is 2.42. The predicted molar refractivity (Wildman–Crippen MR) is 534 cm³/mol. The maximum absolute atomic E-state index is 12.9. The molecule has 3 unspecified atom stereocenters. The van der Waals surface area contributed by atoms with Crippen LogP contribution in [0.25, 0.3) is 44.5 Å². The van der Waals surface area contributed by atoms with Crippen LogP contribution in [0.3, 0.4) is 0 Å². The number of nitrogens with one attached hydrogen (secondary N) is 1. The Morgan fingerprint density at radius 2 is 0.623 bits per heavy atom. The van der Waals surface area contributed by atoms with Gasteiger partial charge in [0.1, 0.15) is 36.2 Å². The van der Waals surface area contributed by atoms with E-state index in [1.807, 2.05) is 220 Å². The Labute approximate surface area is 792 Å². The van der Waals surface area contributed by atoms with Crippen LogP contribution >= 0.6 is 70.2 Å². The third-order valence-electron chi connectivity index (χ3n) is 21.3. The second kappa shape index (κ2) is 52.8. The first kappa shape index (κ1) is 102. The van der Waals surface area contributed by atoms with Gasteiger partial charge in [0.2, 0.25) is 14.2 Å². The second-order valence-corrected chi connectivity index (χ2v) is 41.0. The lowest BCUT2D eigenvalue weighted by molar-refractivity contribution is -0.146. The maximum Gasteiger partial charge on any atom is 0.313 e. The van der Waals surface area contributed by atoms with E-state index in [-0.39, 0.29) is 53.1 Å². The fraction of sp³-hybridized carbons (Fsp3) is 0.185. The Morgan fingerprint density at radius 1 is 0.362 bits per heavy atom. The minimum Gasteiger partial charge on any atom is -0.497 e. The fourth-order valence-electron chi connectivity index (χ4n) is 12.7. The number of carboxylic acids is 1. The van der Waals surface area contributed by atoms with E-state index >= 15 is 0 Å². The van der Waals surface area contributed by atoms with Gasteiger partial charge in [-0.05, 0) is 238 Å². The second-order valence-electron chi connectivity index (χ2n) is 31.0. The van der Waals surface area contributed by atoms with Crippen molar-refractivity contribution in [2.75, 3.05) is 33.8 Å². The van der Waals surface area contributed by atoms with E-state index in [1.54, 1.807) is 82.4 Å². The molecule has 3 atom stereocenters. The number of amides is 1. The molecule has 0 aliphatic heterocycles. The van der Waals surface area contributed by atoms with Crippen molar-refractivity contribution in [3.05, 3.63) is 385 Å². The highest BCUT2D eigenvalue weighted by atomic mass is 35.5. The summed E-state index contributed by atoms with van der Waals surface area (Å²) in [5.41, 5.74) is 17.6. The zero-order chi connectivity index (χ0) is 93.4. The lowest BCUT2D eigenvalue weighted by Crippen LogP contribution is -2.47. The van der Waals surface area contributed by atoms with Gasteiger partial charge in [0.05, 0.1) is 58.0 Å². The summed E-state index contributed by atoms with van der Waals surface area (Å²) in [5, 5.41) is 16.0. The van der Waals surface area contributed by atoms with Crippen molar-refractivity contribution in [3.63, 3.8) is 0 Å². The molecular formula is C108H110Cl2N2O13S4Si. The topological polar surface area (TPSA) is 211 Å². The number of aliphatic carboxylic acids is 1. The molecule has 15 nitrogen and oxygen atoms in total. The monoisotopic (exact) mass is 1870 g/mol. The lowest BCUT2D eigenvalue weighted by Gasteiger charge is -2.35. The molecule has 14 rings (SSSR count). The average molecular weight is 1870 g/mol. The first-order chi connectivity index (χ1) is 62.9. The van der Waals surface area contributed by atoms with Crippen LogP contribution in [0.4, 0.5) is 0 Å². The molecule has 0 saturated heterocycles. The standard InChI is InChI=1S/C29H26O3S.C28H35NO3SSi.C28H24O3S.C22H20O3S.CH2Cl2.H3NO/c1-21(29(30)32-20-22-8-4-3-5-9-22)27-10-6-7-11-28(27)33-26-18-14-24(15-19-26)23-12-16-25(31-2)17-13-23;1-20(27(30)29-32-34(6,7)28(2,3)4)25-10-8-9-11-26(25)33-24-18-14-22(15-19-24)21-12-16-23(31-5)17-13-21;1-30-25-15-11-22(12-16-25)23-13-17-26(18-14-23)32-27-10-6-5-9-24(27)19-28(29)31-20-21-7-3-2-4-8-21;1-15(22(23)24)20-5-3-4-6-21(20)26-19-13-9-17(10-14-19)16-7-11-18(25-2)12-8-16;2-1-3;1-2/h3-19,21H,20H2,1-2H3;8-20H,1-7H3,(H,29,30);2-18H,19-20H2,1H3;3-15H,1-2H3,(H,23,24);1H2;2H,1H2. The molecule has 5 N–H and O–H groups in total. The number of ether oxygens (including phenoxy) is 6. The summed E-state index contributed by atoms with van der Waals surface area (Å²) >= 11 is 16.1. The predicted octanol–water partition coefficient (Wildman–Crippen LogP) is 28.3. The minimum atomic E-state index is -2.07. The molecule has 1 amide bonds. The quantitative estimate of drug-likeness (QED) is 0.0143. The van der Waals surface area contributed by atoms with Crippen molar-refractivity contribution in [2.24, 2.45) is 5.90 Å². The number of hydrogen-bond donors (Lipinski definition) is 4. The Morgan fingerprint density at radius 3 is 0.931 bits per heavy atom. The van der Waals surface area contributed by atoms with Crippen LogP contribution in [0.1, 0.15) is 92.7 Å². The van der Waals surface area contributed by atoms with Crippen LogP contribution in [0.15, 0.2) is 391 Å². The third kappa shape index (κ3) is 31.5. The van der Waals surface area contributed by atoms with E-state index in [4.69, 9.17) is 61.4 Å². The van der Waals surface area contributed by atoms with Crippen molar-refractivity contribution >= 4 is 102 Å². The van der Waals surface area contributed by atoms with Crippen LogP contribution in [0.5, 0.6) is 23.0 Å². The van der Waals surface area contributed by atoms with Gasteiger partial charge in [-0.1, -0.05) is 298 Å². The van der Waals surface area contributed by atoms with Gasteiger partial charge >= 0.3 is 17.9 Å². The highest BCUT2D eigenvalue weighted by molar-refractivity contribution is 8.00. The van der Waals surface area contributed by atoms with Gasteiger partial charge in [-0.15, -0.1) is 23.2 Å². The van der Waals surface area contributed by atoms with Crippen LogP contribution in [-0.4, -0.2) is 76.2 Å². The largest absolute Gasteiger partial charge is 0.497 e. The van der Waals surface area contributed by atoms with Crippen molar-refractivity contribution in [1.29, 1.82) is 0 Å². The summed E-state index contributed by atoms with van der Waals surface area (Å²) in [6.45, 7) is 16.8. The van der Waals surface area contributed by atoms with E-state index in [0.29, 0.717) is 6.61 Å². The number of methoxy groups -OCH3 is 4. The molecule has 14 aromatic rings. The number of alkyl halides is 2. The van der Waals surface area contributed by atoms with Crippen molar-refractivity contribution in [1.82, 2.24) is 5.48 Å². The number of hydroxylamine groups is 1. The van der Waals surface area contributed by atoms with Crippen molar-refractivity contribution in [2.45, 2.75) is 136 Å². The summed E-state index contributed by atoms with van der Waals surface area (Å²) in [4.78, 5) is 58.0. The molecule has 0 aliphatic carbocycles. The molecule has 0 aromatic heterocycles. The van der Waals surface area contributed by atoms with Crippen LogP contribution in [0.2, 0.25) is 18.1 Å². The molecule has 0 heterocycles. The molecule has 0 radical (unpaired) electrons. The number of carbonyl (C=O) groups excluding carboxylic acids is 3. The van der Waals surface area contributed by atoms with Gasteiger partial charge in [0.15, 0.2) is 0 Å². The molecule has 0 bridgehead atoms. The smallest absolute Gasteiger partial charge is 0.313 e. The molecule has 672 valence electrons. The van der Waals surface area contributed by atoms with E-state index in [2.05, 4.69) is 191 Å². The molecule has 0 fully saturated rings. The Kier molecular flexibility index (Phi) is 41.4. The van der Waals surface area contributed by atoms with E-state index in [1.165, 1.54) is 0 Å². The first-order valence-electron chi connectivity index (χ1n) is 41.9. The molecule has 22 heteroatoms. The summed E-state index contributed by atoms with van der Waals surface area (Å²) in [7, 11) is 4.59. The van der Waals surface area contributed by atoms with E-state index in [9.17, 15) is 24.3 Å². The Hall–Kier alpha value is -11.8. The SMILES string of the molecule is COc1ccc(-c2ccc(Sc3ccccc3C(C)C(=O)NO[Si](C)(C)C(C)(C)C)cc2)cc1.COc1ccc(-c2ccc(Sc3ccccc3C(C)C(=O)O)cc2)cc1.COc1ccc(-c2ccc(Sc3ccccc3C(C)C(=O)OCc3ccccc3)cc2)cc1.COc1ccc(-c2ccc(Sc3ccccc3CC(=O)OCc3ccccc3)cc2)cc1.ClCCl.NO. The Bertz CT molecular complexity index is 5810. The van der Waals surface area contributed by atoms with Gasteiger partial charge in [-0.25, -0.2) is 11.4 Å². The minimum absolute atomic E-state index is 0.0231.